The van der Waals surface area contributed by atoms with Crippen LogP contribution in [-0.4, -0.2) is 37.3 Å². The van der Waals surface area contributed by atoms with Gasteiger partial charge < -0.3 is 20.4 Å². The van der Waals surface area contributed by atoms with Crippen LogP contribution in [0.4, 0.5) is 11.5 Å². The Labute approximate surface area is 178 Å². The van der Waals surface area contributed by atoms with Gasteiger partial charge in [-0.25, -0.2) is 9.97 Å². The van der Waals surface area contributed by atoms with E-state index in [9.17, 15) is 4.79 Å². The number of fused-ring (bicyclic) bond motifs is 3. The van der Waals surface area contributed by atoms with Crippen LogP contribution < -0.4 is 15.8 Å². The molecule has 5 rings (SSSR count). The highest BCUT2D eigenvalue weighted by molar-refractivity contribution is 5.93. The van der Waals surface area contributed by atoms with Gasteiger partial charge in [-0.1, -0.05) is 6.07 Å². The van der Waals surface area contributed by atoms with E-state index in [1.54, 1.807) is 31.2 Å². The highest BCUT2D eigenvalue weighted by atomic mass is 16.5. The summed E-state index contributed by atoms with van der Waals surface area (Å²) in [6, 6.07) is 5.85. The molecule has 4 aromatic rings. The van der Waals surface area contributed by atoms with E-state index in [-0.39, 0.29) is 12.3 Å². The Morgan fingerprint density at radius 3 is 2.94 bits per heavy atom. The number of aromatic nitrogens is 5. The van der Waals surface area contributed by atoms with Gasteiger partial charge in [0.25, 0.3) is 0 Å². The summed E-state index contributed by atoms with van der Waals surface area (Å²) in [4.78, 5) is 21.2. The van der Waals surface area contributed by atoms with E-state index in [2.05, 4.69) is 25.0 Å². The Kier molecular flexibility index (Phi) is 4.58. The molecule has 0 aliphatic heterocycles. The monoisotopic (exact) mass is 417 g/mol. The van der Waals surface area contributed by atoms with Gasteiger partial charge in [0.15, 0.2) is 5.82 Å². The van der Waals surface area contributed by atoms with Crippen LogP contribution in [0.5, 0.6) is 5.75 Å². The van der Waals surface area contributed by atoms with Crippen molar-refractivity contribution in [3.63, 3.8) is 0 Å². The van der Waals surface area contributed by atoms with Crippen molar-refractivity contribution in [2.24, 2.45) is 7.05 Å². The number of hydrogen-bond acceptors (Lipinski definition) is 6. The normalized spacial score (nSPS) is 12.8. The Hall–Kier alpha value is -3.88. The standard InChI is InChI=1S/C22H23N7O2/c1-28-11-14(10-26-28)27-19(30)8-13-6-7-15(9-18(13)31-2)29-17-5-3-4-16(17)20-21(29)22(23)25-12-24-20/h6-7,9-12H,3-5,8H2,1-2H3,(H,27,30)(H2,23,24,25). The molecule has 3 aromatic heterocycles. The van der Waals surface area contributed by atoms with Crippen LogP contribution in [0, 0.1) is 0 Å². The lowest BCUT2D eigenvalue weighted by atomic mass is 10.1. The molecular formula is C22H23N7O2. The van der Waals surface area contributed by atoms with E-state index in [1.165, 1.54) is 17.6 Å². The summed E-state index contributed by atoms with van der Waals surface area (Å²) in [7, 11) is 3.41. The van der Waals surface area contributed by atoms with E-state index in [0.717, 1.165) is 41.5 Å². The lowest BCUT2D eigenvalue weighted by Gasteiger charge is -2.14. The zero-order valence-corrected chi connectivity index (χ0v) is 17.4. The largest absolute Gasteiger partial charge is 0.496 e. The highest BCUT2D eigenvalue weighted by Crippen LogP contribution is 2.37. The molecule has 1 amide bonds. The molecule has 31 heavy (non-hydrogen) atoms. The number of rotatable bonds is 5. The molecule has 0 saturated carbocycles. The SMILES string of the molecule is COc1cc(-n2c3c(c4ncnc(N)c42)CCC3)ccc1CC(=O)Nc1cnn(C)c1. The number of carbonyl (C=O) groups excluding carboxylic acids is 1. The third-order valence-electron chi connectivity index (χ3n) is 5.69. The first-order valence-corrected chi connectivity index (χ1v) is 10.1. The molecule has 9 nitrogen and oxygen atoms in total. The molecule has 9 heteroatoms. The Morgan fingerprint density at radius 1 is 1.29 bits per heavy atom. The number of nitrogens with zero attached hydrogens (tertiary/aromatic N) is 5. The minimum atomic E-state index is -0.135. The molecule has 3 N–H and O–H groups in total. The van der Waals surface area contributed by atoms with E-state index < -0.39 is 0 Å². The molecule has 0 saturated heterocycles. The number of nitrogens with one attached hydrogen (secondary N) is 1. The summed E-state index contributed by atoms with van der Waals surface area (Å²) in [6.45, 7) is 0. The lowest BCUT2D eigenvalue weighted by molar-refractivity contribution is -0.115. The minimum absolute atomic E-state index is 0.135. The highest BCUT2D eigenvalue weighted by Gasteiger charge is 2.25. The van der Waals surface area contributed by atoms with Crippen LogP contribution in [-0.2, 0) is 31.1 Å². The number of methoxy groups -OCH3 is 1. The molecular weight excluding hydrogens is 394 g/mol. The fourth-order valence-electron chi connectivity index (χ4n) is 4.37. The summed E-state index contributed by atoms with van der Waals surface area (Å²) in [5, 5.41) is 6.92. The van der Waals surface area contributed by atoms with E-state index in [1.807, 2.05) is 18.2 Å². The predicted molar refractivity (Wildman–Crippen MR) is 117 cm³/mol. The average molecular weight is 417 g/mol. The third kappa shape index (κ3) is 3.27. The third-order valence-corrected chi connectivity index (χ3v) is 5.69. The second-order valence-corrected chi connectivity index (χ2v) is 7.69. The molecule has 0 bridgehead atoms. The average Bonchev–Trinajstić information content (AvgIpc) is 3.45. The van der Waals surface area contributed by atoms with Crippen molar-refractivity contribution in [2.75, 3.05) is 18.2 Å². The second kappa shape index (κ2) is 7.42. The van der Waals surface area contributed by atoms with Crippen LogP contribution in [0.2, 0.25) is 0 Å². The molecule has 0 spiro atoms. The van der Waals surface area contributed by atoms with Gasteiger partial charge in [-0.2, -0.15) is 5.10 Å². The van der Waals surface area contributed by atoms with Crippen LogP contribution in [0.3, 0.4) is 0 Å². The van der Waals surface area contributed by atoms with E-state index >= 15 is 0 Å². The fourth-order valence-corrected chi connectivity index (χ4v) is 4.37. The van der Waals surface area contributed by atoms with Crippen LogP contribution >= 0.6 is 0 Å². The van der Waals surface area contributed by atoms with Crippen molar-refractivity contribution in [3.8, 4) is 11.4 Å². The van der Waals surface area contributed by atoms with Crippen molar-refractivity contribution < 1.29 is 9.53 Å². The zero-order chi connectivity index (χ0) is 21.5. The van der Waals surface area contributed by atoms with Gasteiger partial charge >= 0.3 is 0 Å². The predicted octanol–water partition coefficient (Wildman–Crippen LogP) is 2.41. The molecule has 1 aromatic carbocycles. The Balaban J connectivity index is 1.51. The first-order chi connectivity index (χ1) is 15.0. The zero-order valence-electron chi connectivity index (χ0n) is 17.4. The second-order valence-electron chi connectivity index (χ2n) is 7.69. The molecule has 0 atom stereocenters. The van der Waals surface area contributed by atoms with Crippen molar-refractivity contribution in [2.45, 2.75) is 25.7 Å². The maximum absolute atomic E-state index is 12.5. The molecule has 0 radical (unpaired) electrons. The van der Waals surface area contributed by atoms with Gasteiger partial charge in [-0.05, 0) is 30.9 Å². The number of hydrogen-bond donors (Lipinski definition) is 2. The Bertz CT molecular complexity index is 1300. The van der Waals surface area contributed by atoms with E-state index in [0.29, 0.717) is 17.3 Å². The van der Waals surface area contributed by atoms with Gasteiger partial charge in [-0.3, -0.25) is 9.48 Å². The summed E-state index contributed by atoms with van der Waals surface area (Å²) in [5.74, 6) is 0.963. The van der Waals surface area contributed by atoms with Gasteiger partial charge in [0.1, 0.15) is 17.6 Å². The number of amides is 1. The van der Waals surface area contributed by atoms with Gasteiger partial charge in [-0.15, -0.1) is 0 Å². The molecule has 158 valence electrons. The van der Waals surface area contributed by atoms with E-state index in [4.69, 9.17) is 10.5 Å². The van der Waals surface area contributed by atoms with Crippen molar-refractivity contribution in [1.29, 1.82) is 0 Å². The molecule has 0 fully saturated rings. The minimum Gasteiger partial charge on any atom is -0.496 e. The number of aryl methyl sites for hydroxylation is 2. The summed E-state index contributed by atoms with van der Waals surface area (Å²) in [6.07, 6.45) is 8.11. The summed E-state index contributed by atoms with van der Waals surface area (Å²) < 4.78 is 9.40. The number of carbonyl (C=O) groups is 1. The number of ether oxygens (including phenoxy) is 1. The lowest BCUT2D eigenvalue weighted by Crippen LogP contribution is -2.14. The summed E-state index contributed by atoms with van der Waals surface area (Å²) >= 11 is 0. The molecule has 1 aliphatic rings. The maximum atomic E-state index is 12.5. The topological polar surface area (TPSA) is 113 Å². The fraction of sp³-hybridized carbons (Fsp3) is 0.273. The first-order valence-electron chi connectivity index (χ1n) is 10.1. The smallest absolute Gasteiger partial charge is 0.229 e. The number of nitrogen functional groups attached to an aromatic ring is 1. The van der Waals surface area contributed by atoms with Crippen molar-refractivity contribution >= 4 is 28.4 Å². The molecule has 3 heterocycles. The number of anilines is 2. The Morgan fingerprint density at radius 2 is 2.16 bits per heavy atom. The van der Waals surface area contributed by atoms with Crippen molar-refractivity contribution in [3.05, 3.63) is 53.7 Å². The van der Waals surface area contributed by atoms with Gasteiger partial charge in [0.05, 0.1) is 30.9 Å². The number of nitrogens with two attached hydrogens (primary N) is 1. The van der Waals surface area contributed by atoms with Crippen LogP contribution in [0.1, 0.15) is 23.2 Å². The molecule has 0 unspecified atom stereocenters. The van der Waals surface area contributed by atoms with Crippen LogP contribution in [0.25, 0.3) is 16.7 Å². The quantitative estimate of drug-likeness (QED) is 0.516. The maximum Gasteiger partial charge on any atom is 0.229 e. The van der Waals surface area contributed by atoms with Gasteiger partial charge in [0, 0.05) is 36.3 Å². The number of benzene rings is 1. The van der Waals surface area contributed by atoms with Crippen molar-refractivity contribution in [1.82, 2.24) is 24.3 Å². The first kappa shape index (κ1) is 19.1. The van der Waals surface area contributed by atoms with Crippen LogP contribution in [0.15, 0.2) is 36.9 Å². The van der Waals surface area contributed by atoms with Gasteiger partial charge in [0.2, 0.25) is 5.91 Å². The summed E-state index contributed by atoms with van der Waals surface area (Å²) in [5.41, 5.74) is 12.8. The molecule has 1 aliphatic carbocycles.